The van der Waals surface area contributed by atoms with Gasteiger partial charge in [-0.25, -0.2) is 4.98 Å². The van der Waals surface area contributed by atoms with E-state index < -0.39 is 5.41 Å². The zero-order valence-corrected chi connectivity index (χ0v) is 15.7. The van der Waals surface area contributed by atoms with Crippen molar-refractivity contribution in [2.24, 2.45) is 5.41 Å². The zero-order valence-electron chi connectivity index (χ0n) is 15.7. The van der Waals surface area contributed by atoms with Gasteiger partial charge in [0.15, 0.2) is 11.6 Å². The van der Waals surface area contributed by atoms with Gasteiger partial charge < -0.3 is 5.73 Å². The van der Waals surface area contributed by atoms with Crippen molar-refractivity contribution in [3.05, 3.63) is 36.7 Å². The van der Waals surface area contributed by atoms with Gasteiger partial charge in [-0.15, -0.1) is 0 Å². The molecule has 0 amide bonds. The van der Waals surface area contributed by atoms with Crippen molar-refractivity contribution in [3.8, 4) is 17.3 Å². The van der Waals surface area contributed by atoms with Crippen molar-refractivity contribution < 1.29 is 4.79 Å². The highest BCUT2D eigenvalue weighted by Gasteiger charge is 2.49. The van der Waals surface area contributed by atoms with Crippen LogP contribution in [0, 0.1) is 16.7 Å². The molecule has 0 aliphatic heterocycles. The molecule has 8 nitrogen and oxygen atoms in total. The predicted octanol–water partition coefficient (Wildman–Crippen LogP) is 3.21. The van der Waals surface area contributed by atoms with Crippen LogP contribution in [0.15, 0.2) is 36.7 Å². The van der Waals surface area contributed by atoms with Crippen molar-refractivity contribution in [2.75, 3.05) is 5.73 Å². The number of anilines is 1. The van der Waals surface area contributed by atoms with Gasteiger partial charge in [-0.05, 0) is 31.4 Å². The van der Waals surface area contributed by atoms with Crippen LogP contribution < -0.4 is 5.73 Å². The van der Waals surface area contributed by atoms with Crippen molar-refractivity contribution >= 4 is 33.4 Å². The van der Waals surface area contributed by atoms with Crippen LogP contribution in [0.4, 0.5) is 5.82 Å². The Morgan fingerprint density at radius 3 is 2.90 bits per heavy atom. The third-order valence-electron chi connectivity index (χ3n) is 5.63. The molecule has 5 rings (SSSR count). The van der Waals surface area contributed by atoms with Crippen molar-refractivity contribution in [1.82, 2.24) is 25.0 Å². The normalized spacial score (nSPS) is 14.9. The first kappa shape index (κ1) is 17.4. The number of nitrogens with two attached hydrogens (primary N) is 1. The summed E-state index contributed by atoms with van der Waals surface area (Å²) in [4.78, 5) is 16.7. The molecular weight excluding hydrogens is 366 g/mol. The van der Waals surface area contributed by atoms with Gasteiger partial charge >= 0.3 is 0 Å². The second-order valence-corrected chi connectivity index (χ2v) is 7.57. The highest BCUT2D eigenvalue weighted by molar-refractivity contribution is 6.08. The predicted molar refractivity (Wildman–Crippen MR) is 109 cm³/mol. The lowest BCUT2D eigenvalue weighted by Gasteiger charge is -2.04. The molecular formula is C21H19N7O. The first-order valence-corrected chi connectivity index (χ1v) is 9.60. The topological polar surface area (TPSA) is 126 Å². The van der Waals surface area contributed by atoms with Gasteiger partial charge in [-0.1, -0.05) is 12.1 Å². The Morgan fingerprint density at radius 1 is 1.31 bits per heavy atom. The van der Waals surface area contributed by atoms with E-state index in [-0.39, 0.29) is 5.78 Å². The summed E-state index contributed by atoms with van der Waals surface area (Å²) in [6.07, 6.45) is 6.09. The molecule has 3 N–H and O–H groups in total. The molecule has 1 saturated carbocycles. The van der Waals surface area contributed by atoms with Crippen LogP contribution >= 0.6 is 0 Å². The van der Waals surface area contributed by atoms with Crippen LogP contribution in [-0.2, 0) is 11.3 Å². The molecule has 4 aromatic rings. The Bertz CT molecular complexity index is 1280. The number of aryl methyl sites for hydroxylation is 1. The molecule has 3 aromatic heterocycles. The Hall–Kier alpha value is -3.73. The van der Waals surface area contributed by atoms with E-state index in [0.29, 0.717) is 43.6 Å². The molecule has 0 atom stereocenters. The fourth-order valence-corrected chi connectivity index (χ4v) is 3.76. The number of ketones is 1. The number of aromatic amines is 1. The van der Waals surface area contributed by atoms with Gasteiger partial charge in [0.25, 0.3) is 0 Å². The smallest absolute Gasteiger partial charge is 0.153 e. The summed E-state index contributed by atoms with van der Waals surface area (Å²) in [6, 6.07) is 10.1. The van der Waals surface area contributed by atoms with Gasteiger partial charge in [0.1, 0.15) is 10.9 Å². The van der Waals surface area contributed by atoms with Gasteiger partial charge in [0, 0.05) is 41.7 Å². The third kappa shape index (κ3) is 2.91. The van der Waals surface area contributed by atoms with Crippen molar-refractivity contribution in [3.63, 3.8) is 0 Å². The van der Waals surface area contributed by atoms with Crippen LogP contribution in [0.1, 0.15) is 25.7 Å². The molecule has 0 radical (unpaired) electrons. The maximum Gasteiger partial charge on any atom is 0.153 e. The molecule has 3 heterocycles. The molecule has 1 aliphatic rings. The summed E-state index contributed by atoms with van der Waals surface area (Å²) in [6.45, 7) is 0.592. The van der Waals surface area contributed by atoms with Crippen LogP contribution in [-0.4, -0.2) is 30.7 Å². The summed E-state index contributed by atoms with van der Waals surface area (Å²) < 4.78 is 1.81. The number of nitrogens with one attached hydrogen (secondary N) is 1. The van der Waals surface area contributed by atoms with Gasteiger partial charge in [0.2, 0.25) is 0 Å². The molecule has 0 unspecified atom stereocenters. The van der Waals surface area contributed by atoms with E-state index in [1.54, 1.807) is 6.20 Å². The Balaban J connectivity index is 1.42. The first-order chi connectivity index (χ1) is 14.1. The molecule has 144 valence electrons. The first-order valence-electron chi connectivity index (χ1n) is 9.60. The highest BCUT2D eigenvalue weighted by atomic mass is 16.1. The van der Waals surface area contributed by atoms with E-state index in [9.17, 15) is 4.79 Å². The van der Waals surface area contributed by atoms with Gasteiger partial charge in [0.05, 0.1) is 17.3 Å². The molecule has 0 spiro atoms. The number of rotatable bonds is 6. The summed E-state index contributed by atoms with van der Waals surface area (Å²) in [5, 5.41) is 22.6. The number of hydrogen-bond acceptors (Lipinski definition) is 6. The number of hydrogen-bond donors (Lipinski definition) is 2. The number of nitriles is 1. The Kier molecular flexibility index (Phi) is 3.84. The number of benzene rings is 1. The van der Waals surface area contributed by atoms with E-state index in [1.807, 2.05) is 35.1 Å². The molecule has 29 heavy (non-hydrogen) atoms. The van der Waals surface area contributed by atoms with Crippen LogP contribution in [0.25, 0.3) is 33.1 Å². The fraction of sp³-hybridized carbons (Fsp3) is 0.286. The SMILES string of the molecule is N#CC1(C(=O)CCCn2cc3c(n2)c(N)nc2cc(-c4ccn[nH]4)ccc23)CC1. The molecule has 1 aromatic carbocycles. The monoisotopic (exact) mass is 385 g/mol. The number of nitrogen functional groups attached to an aromatic ring is 1. The largest absolute Gasteiger partial charge is 0.382 e. The second-order valence-electron chi connectivity index (χ2n) is 7.57. The van der Waals surface area contributed by atoms with E-state index in [4.69, 9.17) is 11.0 Å². The molecule has 8 heteroatoms. The quantitative estimate of drug-likeness (QED) is 0.525. The number of nitrogens with zero attached hydrogens (tertiary/aromatic N) is 5. The minimum atomic E-state index is -0.703. The zero-order chi connectivity index (χ0) is 20.0. The summed E-state index contributed by atoms with van der Waals surface area (Å²) >= 11 is 0. The van der Waals surface area contributed by atoms with Gasteiger partial charge in [-0.2, -0.15) is 15.5 Å². The second kappa shape index (κ2) is 6.41. The van der Waals surface area contributed by atoms with E-state index in [2.05, 4.69) is 26.3 Å². The molecule has 0 bridgehead atoms. The fourth-order valence-electron chi connectivity index (χ4n) is 3.76. The highest BCUT2D eigenvalue weighted by Crippen LogP contribution is 2.46. The van der Waals surface area contributed by atoms with Gasteiger partial charge in [-0.3, -0.25) is 14.6 Å². The molecule has 1 aliphatic carbocycles. The number of carbonyl (C=O) groups is 1. The van der Waals surface area contributed by atoms with Crippen molar-refractivity contribution in [1.29, 1.82) is 5.26 Å². The number of carbonyl (C=O) groups excluding carboxylic acids is 1. The number of fused-ring (bicyclic) bond motifs is 3. The number of H-pyrrole nitrogens is 1. The van der Waals surface area contributed by atoms with Crippen LogP contribution in [0.2, 0.25) is 0 Å². The minimum Gasteiger partial charge on any atom is -0.382 e. The number of pyridine rings is 1. The summed E-state index contributed by atoms with van der Waals surface area (Å²) in [5.41, 5.74) is 8.82. The Labute approximate surface area is 166 Å². The maximum absolute atomic E-state index is 12.2. The lowest BCUT2D eigenvalue weighted by atomic mass is 9.99. The van der Waals surface area contributed by atoms with E-state index in [1.165, 1.54) is 0 Å². The molecule has 1 fully saturated rings. The van der Waals surface area contributed by atoms with E-state index in [0.717, 1.165) is 27.5 Å². The van der Waals surface area contributed by atoms with E-state index >= 15 is 0 Å². The lowest BCUT2D eigenvalue weighted by Crippen LogP contribution is -2.14. The number of aromatic nitrogens is 5. The average Bonchev–Trinajstić information content (AvgIpc) is 3.13. The minimum absolute atomic E-state index is 0.0506. The van der Waals surface area contributed by atoms with Crippen LogP contribution in [0.3, 0.4) is 0 Å². The number of Topliss-reactive ketones (excluding diaryl/α,β-unsaturated/α-hetero) is 1. The standard InChI is InChI=1S/C21H19N7O/c22-12-21(6-7-21)18(29)2-1-9-28-11-15-14-4-3-13(16-5-8-24-26-16)10-17(14)25-20(23)19(15)27-28/h3-5,8,10-11H,1-2,6-7,9H2,(H2,23,25)(H,24,26). The van der Waals surface area contributed by atoms with Crippen LogP contribution in [0.5, 0.6) is 0 Å². The average molecular weight is 385 g/mol. The maximum atomic E-state index is 12.2. The summed E-state index contributed by atoms with van der Waals surface area (Å²) in [7, 11) is 0. The van der Waals surface area contributed by atoms with Crippen molar-refractivity contribution in [2.45, 2.75) is 32.2 Å². The third-order valence-corrected chi connectivity index (χ3v) is 5.63. The summed E-state index contributed by atoms with van der Waals surface area (Å²) in [5.74, 6) is 0.431. The molecule has 0 saturated heterocycles. The lowest BCUT2D eigenvalue weighted by molar-refractivity contribution is -0.122. The Morgan fingerprint density at radius 2 is 2.17 bits per heavy atom.